The van der Waals surface area contributed by atoms with Crippen LogP contribution in [0.1, 0.15) is 65.0 Å². The lowest BCUT2D eigenvalue weighted by atomic mass is 10.1. The van der Waals surface area contributed by atoms with Crippen LogP contribution in [-0.4, -0.2) is 39.3 Å². The number of anilines is 3. The lowest BCUT2D eigenvalue weighted by Gasteiger charge is -2.28. The monoisotopic (exact) mass is 571 g/mol. The van der Waals surface area contributed by atoms with Gasteiger partial charge in [-0.3, -0.25) is 0 Å². The van der Waals surface area contributed by atoms with Gasteiger partial charge in [0.2, 0.25) is 0 Å². The van der Waals surface area contributed by atoms with Crippen molar-refractivity contribution in [3.05, 3.63) is 77.4 Å². The fourth-order valence-corrected chi connectivity index (χ4v) is 4.75. The number of hydrogen-bond donors (Lipinski definition) is 1. The lowest BCUT2D eigenvalue weighted by molar-refractivity contribution is 0.417. The Morgan fingerprint density at radius 2 is 2.00 bits per heavy atom. The van der Waals surface area contributed by atoms with Gasteiger partial charge in [-0.05, 0) is 69.9 Å². The molecular weight excluding hydrogens is 529 g/mol. The number of pyridine rings is 1. The molecule has 0 saturated heterocycles. The molecule has 9 heteroatoms. The van der Waals surface area contributed by atoms with Crippen LogP contribution in [0.3, 0.4) is 0 Å². The van der Waals surface area contributed by atoms with E-state index in [0.717, 1.165) is 49.4 Å². The Balaban J connectivity index is 1.63. The number of benzene rings is 1. The minimum atomic E-state index is -0.420. The average Bonchev–Trinajstić information content (AvgIpc) is 2.99. The Morgan fingerprint density at radius 3 is 2.71 bits per heavy atom. The average molecular weight is 572 g/mol. The molecule has 1 aromatic carbocycles. The molecule has 8 nitrogen and oxygen atoms in total. The van der Waals surface area contributed by atoms with E-state index in [-0.39, 0.29) is 5.69 Å². The quantitative estimate of drug-likeness (QED) is 0.220. The maximum absolute atomic E-state index is 15.7. The summed E-state index contributed by atoms with van der Waals surface area (Å²) in [6.45, 7) is 16.1. The number of aromatic nitrogens is 3. The highest BCUT2D eigenvalue weighted by molar-refractivity contribution is 5.89. The fraction of sp³-hybridized carbons (Fsp3) is 0.394. The summed E-state index contributed by atoms with van der Waals surface area (Å²) in [6.07, 6.45) is 13.9. The Bertz CT molecular complexity index is 1530. The first-order valence-corrected chi connectivity index (χ1v) is 14.7. The molecule has 0 fully saturated rings. The smallest absolute Gasteiger partial charge is 0.160 e. The van der Waals surface area contributed by atoms with Crippen molar-refractivity contribution in [2.75, 3.05) is 23.3 Å². The molecule has 0 bridgehead atoms. The number of hydrogen-bond acceptors (Lipinski definition) is 8. The van der Waals surface area contributed by atoms with Crippen LogP contribution in [0.5, 0.6) is 5.75 Å². The van der Waals surface area contributed by atoms with Crippen molar-refractivity contribution >= 4 is 34.6 Å². The van der Waals surface area contributed by atoms with Crippen LogP contribution in [0, 0.1) is 25.6 Å². The van der Waals surface area contributed by atoms with Gasteiger partial charge in [0, 0.05) is 37.1 Å². The van der Waals surface area contributed by atoms with Gasteiger partial charge < -0.3 is 15.0 Å². The molecule has 0 spiro atoms. The second-order valence-corrected chi connectivity index (χ2v) is 10.6. The normalized spacial score (nSPS) is 15.0. The predicted octanol–water partition coefficient (Wildman–Crippen LogP) is 8.18. The maximum atomic E-state index is 15.7. The second kappa shape index (κ2) is 14.1. The van der Waals surface area contributed by atoms with Crippen LogP contribution in [0.25, 0.3) is 11.0 Å². The van der Waals surface area contributed by atoms with Gasteiger partial charge in [-0.15, -0.1) is 0 Å². The number of fused-ring (bicyclic) bond motifs is 1. The Kier molecular flexibility index (Phi) is 10.3. The third-order valence-electron chi connectivity index (χ3n) is 7.37. The Morgan fingerprint density at radius 1 is 1.19 bits per heavy atom. The summed E-state index contributed by atoms with van der Waals surface area (Å²) in [7, 11) is 0. The molecule has 222 valence electrons. The number of nitrogens with one attached hydrogen (secondary N) is 1. The SMILES string of the molecule is C/C=N\N1C=CC(Oc2ccc(Nc3ncnc4cc(C)c(N(CCCC)CC(C)CC)nc34)c(F)c2C)=C/C1=C\C. The van der Waals surface area contributed by atoms with Gasteiger partial charge in [0.15, 0.2) is 11.6 Å². The molecule has 3 aromatic rings. The van der Waals surface area contributed by atoms with E-state index >= 15 is 4.39 Å². The van der Waals surface area contributed by atoms with E-state index in [1.165, 1.54) is 6.33 Å². The third kappa shape index (κ3) is 6.95. The van der Waals surface area contributed by atoms with Crippen molar-refractivity contribution in [1.82, 2.24) is 20.0 Å². The summed E-state index contributed by atoms with van der Waals surface area (Å²) in [5, 5.41) is 9.22. The first kappa shape index (κ1) is 30.7. The molecule has 42 heavy (non-hydrogen) atoms. The second-order valence-electron chi connectivity index (χ2n) is 10.6. The van der Waals surface area contributed by atoms with Crippen LogP contribution < -0.4 is 15.0 Å². The zero-order chi connectivity index (χ0) is 30.2. The van der Waals surface area contributed by atoms with Crippen LogP contribution >= 0.6 is 0 Å². The van der Waals surface area contributed by atoms with Crippen molar-refractivity contribution in [2.24, 2.45) is 11.0 Å². The highest BCUT2D eigenvalue weighted by Crippen LogP contribution is 2.33. The summed E-state index contributed by atoms with van der Waals surface area (Å²) >= 11 is 0. The van der Waals surface area contributed by atoms with Gasteiger partial charge in [-0.1, -0.05) is 39.7 Å². The minimum absolute atomic E-state index is 0.289. The number of halogens is 1. The summed E-state index contributed by atoms with van der Waals surface area (Å²) in [5.41, 5.74) is 3.91. The van der Waals surface area contributed by atoms with E-state index < -0.39 is 5.82 Å². The van der Waals surface area contributed by atoms with Gasteiger partial charge in [-0.25, -0.2) is 24.4 Å². The standard InChI is InChI=1S/C33H42FN7O/c1-8-12-16-40(20-22(5)9-2)33-23(6)18-28-31(39-33)32(36-21-35-28)38-27-13-14-29(24(7)30(27)34)42-26-15-17-41(37-11-4)25(10-3)19-26/h10-11,13-15,17-19,21-22H,8-9,12,16,20H2,1-7H3,(H,35,36,38)/b25-10+,37-11-. The number of allylic oxidation sites excluding steroid dienone is 3. The molecule has 0 radical (unpaired) electrons. The first-order valence-electron chi connectivity index (χ1n) is 14.7. The van der Waals surface area contributed by atoms with Gasteiger partial charge in [0.1, 0.15) is 29.2 Å². The Labute approximate surface area is 248 Å². The molecule has 0 aliphatic carbocycles. The fourth-order valence-electron chi connectivity index (χ4n) is 4.75. The maximum Gasteiger partial charge on any atom is 0.160 e. The molecule has 0 amide bonds. The van der Waals surface area contributed by atoms with Crippen molar-refractivity contribution < 1.29 is 9.13 Å². The molecular formula is C33H42FN7O. The minimum Gasteiger partial charge on any atom is -0.457 e. The topological polar surface area (TPSA) is 78.8 Å². The van der Waals surface area contributed by atoms with Gasteiger partial charge in [0.05, 0.1) is 16.9 Å². The van der Waals surface area contributed by atoms with Crippen LogP contribution in [0.15, 0.2) is 65.5 Å². The van der Waals surface area contributed by atoms with Crippen molar-refractivity contribution in [1.29, 1.82) is 0 Å². The van der Waals surface area contributed by atoms with Crippen molar-refractivity contribution in [2.45, 2.75) is 67.7 Å². The number of nitrogens with zero attached hydrogens (tertiary/aromatic N) is 6. The van der Waals surface area contributed by atoms with Crippen LogP contribution in [-0.2, 0) is 0 Å². The zero-order valence-electron chi connectivity index (χ0n) is 25.8. The number of hydrazone groups is 1. The molecule has 4 rings (SSSR count). The molecule has 1 N–H and O–H groups in total. The molecule has 1 aliphatic rings. The largest absolute Gasteiger partial charge is 0.457 e. The van der Waals surface area contributed by atoms with E-state index in [2.05, 4.69) is 53.0 Å². The molecule has 2 aromatic heterocycles. The number of ether oxygens (including phenoxy) is 1. The van der Waals surface area contributed by atoms with E-state index in [1.807, 2.05) is 38.3 Å². The summed E-state index contributed by atoms with van der Waals surface area (Å²) in [6, 6.07) is 5.46. The van der Waals surface area contributed by atoms with Gasteiger partial charge >= 0.3 is 0 Å². The third-order valence-corrected chi connectivity index (χ3v) is 7.37. The first-order chi connectivity index (χ1) is 20.3. The van der Waals surface area contributed by atoms with E-state index in [1.54, 1.807) is 36.4 Å². The number of aryl methyl sites for hydroxylation is 1. The molecule has 3 heterocycles. The van der Waals surface area contributed by atoms with Gasteiger partial charge in [0.25, 0.3) is 0 Å². The van der Waals surface area contributed by atoms with Crippen LogP contribution in [0.4, 0.5) is 21.7 Å². The van der Waals surface area contributed by atoms with Crippen molar-refractivity contribution in [3.8, 4) is 5.75 Å². The summed E-state index contributed by atoms with van der Waals surface area (Å²) < 4.78 is 21.8. The van der Waals surface area contributed by atoms with E-state index in [9.17, 15) is 0 Å². The predicted molar refractivity (Wildman–Crippen MR) is 171 cm³/mol. The van der Waals surface area contributed by atoms with Gasteiger partial charge in [-0.2, -0.15) is 5.10 Å². The molecule has 1 unspecified atom stereocenters. The van der Waals surface area contributed by atoms with Crippen LogP contribution in [0.2, 0.25) is 0 Å². The number of rotatable bonds is 12. The van der Waals surface area contributed by atoms with E-state index in [4.69, 9.17) is 9.72 Å². The lowest BCUT2D eigenvalue weighted by Crippen LogP contribution is -2.31. The number of unbranched alkanes of at least 4 members (excludes halogenated alkanes) is 1. The molecule has 0 saturated carbocycles. The highest BCUT2D eigenvalue weighted by Gasteiger charge is 2.19. The van der Waals surface area contributed by atoms with E-state index in [0.29, 0.717) is 39.8 Å². The molecule has 1 atom stereocenters. The highest BCUT2D eigenvalue weighted by atomic mass is 19.1. The van der Waals surface area contributed by atoms with Crippen molar-refractivity contribution in [3.63, 3.8) is 0 Å². The Hall–Kier alpha value is -4.27. The zero-order valence-corrected chi connectivity index (χ0v) is 25.8. The summed E-state index contributed by atoms with van der Waals surface area (Å²) in [5.74, 6) is 2.52. The summed E-state index contributed by atoms with van der Waals surface area (Å²) in [4.78, 5) is 16.3. The molecule has 1 aliphatic heterocycles.